The van der Waals surface area contributed by atoms with Crippen molar-refractivity contribution in [3.8, 4) is 5.75 Å². The number of rotatable bonds is 6. The van der Waals surface area contributed by atoms with Gasteiger partial charge in [0.25, 0.3) is 0 Å². The number of amides is 2. The molecule has 7 heteroatoms. The minimum atomic E-state index is -0.272. The van der Waals surface area contributed by atoms with Crippen molar-refractivity contribution in [1.82, 2.24) is 0 Å². The zero-order chi connectivity index (χ0) is 19.6. The van der Waals surface area contributed by atoms with E-state index in [2.05, 4.69) is 38.8 Å². The fraction of sp³-hybridized carbons (Fsp3) is 0.550. The minimum Gasteiger partial charge on any atom is -0.427 e. The Morgan fingerprint density at radius 2 is 1.59 bits per heavy atom. The van der Waals surface area contributed by atoms with Crippen LogP contribution in [-0.2, 0) is 14.4 Å². The van der Waals surface area contributed by atoms with Gasteiger partial charge in [0.2, 0.25) is 11.8 Å². The normalized spacial score (nSPS) is 27.6. The first-order chi connectivity index (χ1) is 12.9. The Morgan fingerprint density at radius 3 is 2.11 bits per heavy atom. The molecule has 0 spiro atoms. The maximum Gasteiger partial charge on any atom is 0.311 e. The number of hydrogen-bond donors (Lipinski definition) is 0. The Balaban J connectivity index is 1.67. The fourth-order valence-corrected chi connectivity index (χ4v) is 4.95. The summed E-state index contributed by atoms with van der Waals surface area (Å²) in [6.07, 6.45) is 4.55. The molecule has 1 aromatic carbocycles. The molecule has 1 aliphatic carbocycles. The molecule has 1 aromatic rings. The number of carbonyl (C=O) groups excluding carboxylic acids is 3. The molecule has 0 N–H and O–H groups in total. The van der Waals surface area contributed by atoms with Crippen molar-refractivity contribution < 1.29 is 19.1 Å². The summed E-state index contributed by atoms with van der Waals surface area (Å²) in [5.41, 5.74) is 0.530. The van der Waals surface area contributed by atoms with E-state index in [1.54, 1.807) is 24.3 Å². The van der Waals surface area contributed by atoms with E-state index >= 15 is 0 Å². The maximum absolute atomic E-state index is 12.8. The smallest absolute Gasteiger partial charge is 0.311 e. The summed E-state index contributed by atoms with van der Waals surface area (Å²) in [6, 6.07) is 6.60. The first kappa shape index (κ1) is 20.5. The Kier molecular flexibility index (Phi) is 6.74. The molecular weight excluding hydrogens is 478 g/mol. The highest BCUT2D eigenvalue weighted by molar-refractivity contribution is 9.12. The third kappa shape index (κ3) is 4.45. The lowest BCUT2D eigenvalue weighted by atomic mass is 9.81. The van der Waals surface area contributed by atoms with Crippen LogP contribution in [0.1, 0.15) is 45.4 Å². The summed E-state index contributed by atoms with van der Waals surface area (Å²) in [5.74, 6) is -0.658. The highest BCUT2D eigenvalue weighted by atomic mass is 79.9. The number of hydrogen-bond acceptors (Lipinski definition) is 4. The van der Waals surface area contributed by atoms with Crippen LogP contribution in [0, 0.1) is 11.8 Å². The lowest BCUT2D eigenvalue weighted by Gasteiger charge is -2.29. The van der Waals surface area contributed by atoms with Gasteiger partial charge in [-0.2, -0.15) is 0 Å². The van der Waals surface area contributed by atoms with Gasteiger partial charge in [-0.1, -0.05) is 51.6 Å². The number of esters is 1. The van der Waals surface area contributed by atoms with Gasteiger partial charge in [-0.05, 0) is 43.5 Å². The Morgan fingerprint density at radius 1 is 1.04 bits per heavy atom. The number of ether oxygens (including phenoxy) is 1. The SMILES string of the molecule is CCCCCC(=O)Oc1ccc(N2C(=O)[C@H]3C[C@@H](Br)[C@H](Br)C[C@@H]3C2=O)cc1. The van der Waals surface area contributed by atoms with E-state index in [1.807, 2.05) is 0 Å². The van der Waals surface area contributed by atoms with Crippen molar-refractivity contribution in [3.05, 3.63) is 24.3 Å². The average Bonchev–Trinajstić information content (AvgIpc) is 2.87. The molecule has 0 bridgehead atoms. The number of benzene rings is 1. The predicted molar refractivity (Wildman–Crippen MR) is 110 cm³/mol. The number of imide groups is 1. The van der Waals surface area contributed by atoms with E-state index in [0.29, 0.717) is 30.7 Å². The topological polar surface area (TPSA) is 63.7 Å². The van der Waals surface area contributed by atoms with E-state index in [-0.39, 0.29) is 39.3 Å². The van der Waals surface area contributed by atoms with E-state index in [9.17, 15) is 14.4 Å². The summed E-state index contributed by atoms with van der Waals surface area (Å²) in [4.78, 5) is 39.1. The second kappa shape index (κ2) is 8.86. The molecule has 5 nitrogen and oxygen atoms in total. The van der Waals surface area contributed by atoms with Gasteiger partial charge in [-0.15, -0.1) is 0 Å². The molecule has 0 aromatic heterocycles. The number of fused-ring (bicyclic) bond motifs is 1. The van der Waals surface area contributed by atoms with Crippen molar-refractivity contribution >= 4 is 55.3 Å². The van der Waals surface area contributed by atoms with Gasteiger partial charge in [-0.25, -0.2) is 0 Å². The first-order valence-corrected chi connectivity index (χ1v) is 11.2. The van der Waals surface area contributed by atoms with E-state index in [0.717, 1.165) is 19.3 Å². The van der Waals surface area contributed by atoms with Crippen molar-refractivity contribution in [2.24, 2.45) is 11.8 Å². The van der Waals surface area contributed by atoms with Crippen LogP contribution in [0.25, 0.3) is 0 Å². The van der Waals surface area contributed by atoms with Gasteiger partial charge in [0.05, 0.1) is 17.5 Å². The molecule has 2 fully saturated rings. The van der Waals surface area contributed by atoms with Gasteiger partial charge in [0.1, 0.15) is 5.75 Å². The molecule has 0 radical (unpaired) electrons. The minimum absolute atomic E-state index is 0.141. The van der Waals surface area contributed by atoms with Gasteiger partial charge < -0.3 is 4.74 Å². The molecule has 2 aliphatic rings. The van der Waals surface area contributed by atoms with Crippen LogP contribution in [0.4, 0.5) is 5.69 Å². The summed E-state index contributed by atoms with van der Waals surface area (Å²) in [7, 11) is 0. The fourth-order valence-electron chi connectivity index (χ4n) is 3.71. The molecule has 146 valence electrons. The van der Waals surface area contributed by atoms with E-state index in [4.69, 9.17) is 4.74 Å². The number of nitrogens with zero attached hydrogens (tertiary/aromatic N) is 1. The Labute approximate surface area is 176 Å². The van der Waals surface area contributed by atoms with Crippen LogP contribution < -0.4 is 9.64 Å². The van der Waals surface area contributed by atoms with Crippen LogP contribution in [0.15, 0.2) is 24.3 Å². The van der Waals surface area contributed by atoms with Crippen LogP contribution in [0.3, 0.4) is 0 Å². The molecular formula is C20H23Br2NO4. The van der Waals surface area contributed by atoms with Gasteiger partial charge in [0.15, 0.2) is 0 Å². The average molecular weight is 501 g/mol. The highest BCUT2D eigenvalue weighted by Gasteiger charge is 2.52. The first-order valence-electron chi connectivity index (χ1n) is 9.39. The number of halogens is 2. The van der Waals surface area contributed by atoms with E-state index in [1.165, 1.54) is 4.90 Å². The zero-order valence-electron chi connectivity index (χ0n) is 15.2. The maximum atomic E-state index is 12.8. The monoisotopic (exact) mass is 499 g/mol. The molecule has 0 unspecified atom stereocenters. The third-order valence-electron chi connectivity index (χ3n) is 5.22. The summed E-state index contributed by atoms with van der Waals surface area (Å²) in [6.45, 7) is 2.08. The number of anilines is 1. The summed E-state index contributed by atoms with van der Waals surface area (Å²) in [5, 5.41) is 0. The molecule has 27 heavy (non-hydrogen) atoms. The molecule has 1 saturated heterocycles. The van der Waals surface area contributed by atoms with Crippen LogP contribution in [0.2, 0.25) is 0 Å². The Bertz CT molecular complexity index is 693. The standard InChI is InChI=1S/C20H23Br2NO4/c1-2-3-4-5-18(24)27-13-8-6-12(7-9-13)23-19(25)14-10-16(21)17(22)11-15(14)20(23)26/h6-9,14-17H,2-5,10-11H2,1H3/t14-,15-,16+,17+/m0/s1. The quantitative estimate of drug-likeness (QED) is 0.188. The van der Waals surface area contributed by atoms with Crippen LogP contribution >= 0.6 is 31.9 Å². The van der Waals surface area contributed by atoms with Crippen molar-refractivity contribution in [2.75, 3.05) is 4.90 Å². The molecule has 1 heterocycles. The summed E-state index contributed by atoms with van der Waals surface area (Å²) >= 11 is 7.18. The van der Waals surface area contributed by atoms with Gasteiger partial charge in [-0.3, -0.25) is 19.3 Å². The summed E-state index contributed by atoms with van der Waals surface area (Å²) < 4.78 is 5.32. The Hall–Kier alpha value is -1.21. The van der Waals surface area contributed by atoms with Gasteiger partial charge >= 0.3 is 5.97 Å². The molecule has 4 atom stereocenters. The second-order valence-corrected chi connectivity index (χ2v) is 9.51. The zero-order valence-corrected chi connectivity index (χ0v) is 18.4. The molecule has 3 rings (SSSR count). The van der Waals surface area contributed by atoms with Crippen molar-refractivity contribution in [3.63, 3.8) is 0 Å². The molecule has 2 amide bonds. The number of unbranched alkanes of at least 4 members (excludes halogenated alkanes) is 2. The van der Waals surface area contributed by atoms with Crippen molar-refractivity contribution in [1.29, 1.82) is 0 Å². The van der Waals surface area contributed by atoms with Crippen molar-refractivity contribution in [2.45, 2.75) is 55.1 Å². The van der Waals surface area contributed by atoms with Crippen LogP contribution in [-0.4, -0.2) is 27.4 Å². The highest BCUT2D eigenvalue weighted by Crippen LogP contribution is 2.44. The number of carbonyl (C=O) groups is 3. The lowest BCUT2D eigenvalue weighted by molar-refractivity contribution is -0.134. The van der Waals surface area contributed by atoms with E-state index < -0.39 is 0 Å². The largest absolute Gasteiger partial charge is 0.427 e. The lowest BCUT2D eigenvalue weighted by Crippen LogP contribution is -2.34. The third-order valence-corrected chi connectivity index (χ3v) is 7.96. The molecule has 1 aliphatic heterocycles. The molecule has 1 saturated carbocycles. The number of alkyl halides is 2. The predicted octanol–water partition coefficient (Wildman–Crippen LogP) is 4.60. The van der Waals surface area contributed by atoms with Gasteiger partial charge in [0, 0.05) is 16.1 Å². The second-order valence-electron chi connectivity index (χ2n) is 7.15. The van der Waals surface area contributed by atoms with Crippen LogP contribution in [0.5, 0.6) is 5.75 Å².